The topological polar surface area (TPSA) is 66.4 Å². The molecule has 4 rings (SSSR count). The molecule has 2 aromatic carbocycles. The lowest BCUT2D eigenvalue weighted by Crippen LogP contribution is -2.49. The van der Waals surface area contributed by atoms with Crippen LogP contribution in [0.4, 0.5) is 5.69 Å². The number of nitrogens with zero attached hydrogens (tertiary/aromatic N) is 4. The van der Waals surface area contributed by atoms with Gasteiger partial charge in [0.15, 0.2) is 10.6 Å². The van der Waals surface area contributed by atoms with Gasteiger partial charge in [-0.15, -0.1) is 0 Å². The van der Waals surface area contributed by atoms with Crippen molar-refractivity contribution in [3.63, 3.8) is 0 Å². The van der Waals surface area contributed by atoms with E-state index in [4.69, 9.17) is 28.6 Å². The maximum Gasteiger partial charge on any atom is 0.242 e. The van der Waals surface area contributed by atoms with Crippen LogP contribution in [0.1, 0.15) is 12.5 Å². The van der Waals surface area contributed by atoms with Gasteiger partial charge < -0.3 is 14.5 Å². The van der Waals surface area contributed by atoms with Crippen molar-refractivity contribution in [2.75, 3.05) is 37.7 Å². The van der Waals surface area contributed by atoms with Crippen LogP contribution < -0.4 is 9.64 Å². The van der Waals surface area contributed by atoms with Crippen molar-refractivity contribution < 1.29 is 9.53 Å². The molecule has 7 nitrogen and oxygen atoms in total. The average Bonchev–Trinajstić information content (AvgIpc) is 3.16. The molecule has 1 aliphatic heterocycles. The average molecular weight is 472 g/mol. The molecule has 2 heterocycles. The minimum absolute atomic E-state index is 0.0251. The minimum Gasteiger partial charge on any atom is -0.494 e. The van der Waals surface area contributed by atoms with Crippen LogP contribution in [0, 0.1) is 11.7 Å². The normalized spacial score (nSPS) is 14.0. The van der Waals surface area contributed by atoms with Gasteiger partial charge in [0.05, 0.1) is 6.61 Å². The fraction of sp³-hybridized carbons (Fsp3) is 0.348. The van der Waals surface area contributed by atoms with E-state index < -0.39 is 0 Å². The Morgan fingerprint density at radius 1 is 1.16 bits per heavy atom. The molecule has 1 amide bonds. The number of piperazine rings is 1. The zero-order chi connectivity index (χ0) is 22.7. The zero-order valence-electron chi connectivity index (χ0n) is 18.2. The third-order valence-electron chi connectivity index (χ3n) is 5.62. The standard InChI is InChI=1S/C23H26ClN5O2S/c1-3-31-19-8-5-17(6-9-19)22-25-26-23(32)29(22)15-21(30)28-12-10-27(11-13-28)20-14-18(24)7-4-16(20)2/h4-9,14H,3,10-13,15H2,1-2H3,(H,26,32). The van der Waals surface area contributed by atoms with Gasteiger partial charge in [-0.3, -0.25) is 14.5 Å². The zero-order valence-corrected chi connectivity index (χ0v) is 19.7. The Morgan fingerprint density at radius 3 is 2.56 bits per heavy atom. The number of aryl methyl sites for hydroxylation is 1. The van der Waals surface area contributed by atoms with E-state index in [1.165, 1.54) is 5.56 Å². The smallest absolute Gasteiger partial charge is 0.242 e. The van der Waals surface area contributed by atoms with E-state index in [2.05, 4.69) is 22.0 Å². The Kier molecular flexibility index (Phi) is 6.81. The molecule has 1 fully saturated rings. The fourth-order valence-electron chi connectivity index (χ4n) is 3.91. The number of carbonyl (C=O) groups is 1. The number of H-pyrrole nitrogens is 1. The van der Waals surface area contributed by atoms with Crippen LogP contribution in [-0.2, 0) is 11.3 Å². The number of rotatable bonds is 6. The summed E-state index contributed by atoms with van der Waals surface area (Å²) in [5.41, 5.74) is 3.17. The van der Waals surface area contributed by atoms with Crippen molar-refractivity contribution in [3.05, 3.63) is 57.8 Å². The van der Waals surface area contributed by atoms with E-state index in [1.807, 2.05) is 54.3 Å². The third kappa shape index (κ3) is 4.81. The molecule has 9 heteroatoms. The summed E-state index contributed by atoms with van der Waals surface area (Å²) in [6, 6.07) is 13.5. The number of aromatic amines is 1. The largest absolute Gasteiger partial charge is 0.494 e. The number of hydrogen-bond donors (Lipinski definition) is 1. The summed E-state index contributed by atoms with van der Waals surface area (Å²) in [4.78, 5) is 17.2. The molecule has 1 aromatic heterocycles. The summed E-state index contributed by atoms with van der Waals surface area (Å²) in [5.74, 6) is 1.46. The predicted octanol–water partition coefficient (Wildman–Crippen LogP) is 4.32. The Hall–Kier alpha value is -2.84. The van der Waals surface area contributed by atoms with Crippen LogP contribution in [0.25, 0.3) is 11.4 Å². The highest BCUT2D eigenvalue weighted by Gasteiger charge is 2.23. The van der Waals surface area contributed by atoms with Gasteiger partial charge in [-0.05, 0) is 68.0 Å². The van der Waals surface area contributed by atoms with Crippen LogP contribution in [0.2, 0.25) is 5.02 Å². The Morgan fingerprint density at radius 2 is 1.88 bits per heavy atom. The Balaban J connectivity index is 1.43. The Labute approximate surface area is 197 Å². The molecule has 0 atom stereocenters. The van der Waals surface area contributed by atoms with Crippen LogP contribution >= 0.6 is 23.8 Å². The number of aromatic nitrogens is 3. The first-order valence-corrected chi connectivity index (χ1v) is 11.4. The molecule has 3 aromatic rings. The third-order valence-corrected chi connectivity index (χ3v) is 6.17. The van der Waals surface area contributed by atoms with E-state index in [-0.39, 0.29) is 12.5 Å². The van der Waals surface area contributed by atoms with E-state index in [0.29, 0.717) is 30.3 Å². The summed E-state index contributed by atoms with van der Waals surface area (Å²) in [6.45, 7) is 7.59. The maximum atomic E-state index is 13.1. The van der Waals surface area contributed by atoms with Crippen molar-refractivity contribution in [2.45, 2.75) is 20.4 Å². The number of benzene rings is 2. The molecular weight excluding hydrogens is 446 g/mol. The molecular formula is C23H26ClN5O2S. The number of halogens is 1. The van der Waals surface area contributed by atoms with Gasteiger partial charge >= 0.3 is 0 Å². The van der Waals surface area contributed by atoms with Gasteiger partial charge in [0.2, 0.25) is 5.91 Å². The van der Waals surface area contributed by atoms with Crippen molar-refractivity contribution in [2.24, 2.45) is 0 Å². The second kappa shape index (κ2) is 9.75. The number of ether oxygens (including phenoxy) is 1. The number of anilines is 1. The molecule has 0 saturated carbocycles. The van der Waals surface area contributed by atoms with Crippen LogP contribution in [0.3, 0.4) is 0 Å². The van der Waals surface area contributed by atoms with Crippen LogP contribution in [0.5, 0.6) is 5.75 Å². The quantitative estimate of drug-likeness (QED) is 0.542. The van der Waals surface area contributed by atoms with E-state index in [9.17, 15) is 4.79 Å². The molecule has 0 spiro atoms. The highest BCUT2D eigenvalue weighted by atomic mass is 35.5. The van der Waals surface area contributed by atoms with Crippen molar-refractivity contribution >= 4 is 35.4 Å². The highest BCUT2D eigenvalue weighted by molar-refractivity contribution is 7.71. The molecule has 1 saturated heterocycles. The van der Waals surface area contributed by atoms with Gasteiger partial charge in [0.1, 0.15) is 12.3 Å². The van der Waals surface area contributed by atoms with Gasteiger partial charge in [-0.2, -0.15) is 5.10 Å². The summed E-state index contributed by atoms with van der Waals surface area (Å²) in [6.07, 6.45) is 0. The van der Waals surface area contributed by atoms with E-state index in [1.54, 1.807) is 4.57 Å². The molecule has 0 radical (unpaired) electrons. The molecule has 0 unspecified atom stereocenters. The van der Waals surface area contributed by atoms with Crippen LogP contribution in [0.15, 0.2) is 42.5 Å². The summed E-state index contributed by atoms with van der Waals surface area (Å²) < 4.78 is 7.68. The van der Waals surface area contributed by atoms with Gasteiger partial charge in [0, 0.05) is 42.5 Å². The van der Waals surface area contributed by atoms with Crippen molar-refractivity contribution in [3.8, 4) is 17.1 Å². The number of hydrogen-bond acceptors (Lipinski definition) is 5. The number of nitrogens with one attached hydrogen (secondary N) is 1. The minimum atomic E-state index is 0.0251. The number of amides is 1. The number of carbonyl (C=O) groups excluding carboxylic acids is 1. The Bertz CT molecular complexity index is 1150. The van der Waals surface area contributed by atoms with Gasteiger partial charge in [0.25, 0.3) is 0 Å². The molecule has 1 N–H and O–H groups in total. The molecule has 0 bridgehead atoms. The highest BCUT2D eigenvalue weighted by Crippen LogP contribution is 2.26. The summed E-state index contributed by atoms with van der Waals surface area (Å²) in [5, 5.41) is 7.88. The van der Waals surface area contributed by atoms with Gasteiger partial charge in [-0.1, -0.05) is 17.7 Å². The lowest BCUT2D eigenvalue weighted by atomic mass is 10.1. The lowest BCUT2D eigenvalue weighted by molar-refractivity contribution is -0.132. The molecule has 32 heavy (non-hydrogen) atoms. The summed E-state index contributed by atoms with van der Waals surface area (Å²) in [7, 11) is 0. The van der Waals surface area contributed by atoms with Gasteiger partial charge in [-0.25, -0.2) is 0 Å². The van der Waals surface area contributed by atoms with Crippen molar-refractivity contribution in [1.29, 1.82) is 0 Å². The first kappa shape index (κ1) is 22.4. The predicted molar refractivity (Wildman–Crippen MR) is 129 cm³/mol. The SMILES string of the molecule is CCOc1ccc(-c2n[nH]c(=S)n2CC(=O)N2CCN(c3cc(Cl)ccc3C)CC2)cc1. The summed E-state index contributed by atoms with van der Waals surface area (Å²) >= 11 is 11.6. The van der Waals surface area contributed by atoms with E-state index >= 15 is 0 Å². The van der Waals surface area contributed by atoms with Crippen molar-refractivity contribution in [1.82, 2.24) is 19.7 Å². The molecule has 0 aliphatic carbocycles. The first-order chi connectivity index (χ1) is 15.5. The fourth-order valence-corrected chi connectivity index (χ4v) is 4.27. The second-order valence-corrected chi connectivity index (χ2v) is 8.52. The monoisotopic (exact) mass is 471 g/mol. The molecule has 1 aliphatic rings. The second-order valence-electron chi connectivity index (χ2n) is 7.69. The van der Waals surface area contributed by atoms with Crippen LogP contribution in [-0.4, -0.2) is 58.4 Å². The van der Waals surface area contributed by atoms with E-state index in [0.717, 1.165) is 35.1 Å². The maximum absolute atomic E-state index is 13.1. The molecule has 168 valence electrons. The first-order valence-electron chi connectivity index (χ1n) is 10.6. The lowest BCUT2D eigenvalue weighted by Gasteiger charge is -2.37.